The van der Waals surface area contributed by atoms with E-state index in [2.05, 4.69) is 37.3 Å². The SMILES string of the molecule is Cc1ccc(CN2C(=O)/C(=C/c3cccc4ccccc34)SC2=S)cc1. The molecule has 4 heteroatoms. The van der Waals surface area contributed by atoms with Gasteiger partial charge in [-0.05, 0) is 34.9 Å². The highest BCUT2D eigenvalue weighted by Gasteiger charge is 2.32. The van der Waals surface area contributed by atoms with E-state index in [1.54, 1.807) is 4.90 Å². The Bertz CT molecular complexity index is 1030. The standard InChI is InChI=1S/C22H17NOS2/c1-15-9-11-16(12-10-15)14-23-21(24)20(26-22(23)25)13-18-7-4-6-17-5-2-3-8-19(17)18/h2-13H,14H2,1H3/b20-13-. The molecular formula is C22H17NOS2. The van der Waals surface area contributed by atoms with Gasteiger partial charge in [-0.15, -0.1) is 0 Å². The van der Waals surface area contributed by atoms with Gasteiger partial charge in [0.25, 0.3) is 5.91 Å². The third-order valence-electron chi connectivity index (χ3n) is 4.44. The van der Waals surface area contributed by atoms with Crippen LogP contribution < -0.4 is 0 Å². The van der Waals surface area contributed by atoms with E-state index in [9.17, 15) is 4.79 Å². The zero-order valence-corrected chi connectivity index (χ0v) is 15.9. The van der Waals surface area contributed by atoms with Crippen molar-refractivity contribution in [1.29, 1.82) is 0 Å². The first-order chi connectivity index (χ1) is 12.6. The van der Waals surface area contributed by atoms with Crippen molar-refractivity contribution in [2.24, 2.45) is 0 Å². The average Bonchev–Trinajstić information content (AvgIpc) is 2.91. The first-order valence-corrected chi connectivity index (χ1v) is 9.63. The van der Waals surface area contributed by atoms with Crippen LogP contribution in [0.3, 0.4) is 0 Å². The summed E-state index contributed by atoms with van der Waals surface area (Å²) in [6.45, 7) is 2.56. The van der Waals surface area contributed by atoms with Gasteiger partial charge in [0.2, 0.25) is 0 Å². The average molecular weight is 376 g/mol. The van der Waals surface area contributed by atoms with Crippen molar-refractivity contribution in [3.05, 3.63) is 88.3 Å². The summed E-state index contributed by atoms with van der Waals surface area (Å²) < 4.78 is 0.613. The van der Waals surface area contributed by atoms with E-state index in [1.165, 1.54) is 17.3 Å². The second-order valence-electron chi connectivity index (χ2n) is 6.32. The molecule has 0 radical (unpaired) electrons. The van der Waals surface area contributed by atoms with Crippen LogP contribution in [0.2, 0.25) is 0 Å². The predicted octanol–water partition coefficient (Wildman–Crippen LogP) is 5.55. The molecule has 0 aliphatic carbocycles. The van der Waals surface area contributed by atoms with E-state index in [4.69, 9.17) is 12.2 Å². The largest absolute Gasteiger partial charge is 0.288 e. The van der Waals surface area contributed by atoms with Crippen molar-refractivity contribution in [3.63, 3.8) is 0 Å². The van der Waals surface area contributed by atoms with Gasteiger partial charge < -0.3 is 0 Å². The maximum Gasteiger partial charge on any atom is 0.266 e. The Kier molecular flexibility index (Phi) is 4.62. The minimum Gasteiger partial charge on any atom is -0.288 e. The minimum absolute atomic E-state index is 0.0199. The van der Waals surface area contributed by atoms with Crippen molar-refractivity contribution in [2.75, 3.05) is 0 Å². The normalized spacial score (nSPS) is 16.0. The van der Waals surface area contributed by atoms with Gasteiger partial charge in [0.1, 0.15) is 4.32 Å². The number of rotatable bonds is 3. The molecule has 0 saturated carbocycles. The third kappa shape index (κ3) is 3.30. The number of fused-ring (bicyclic) bond motifs is 1. The van der Waals surface area contributed by atoms with Crippen LogP contribution in [0.15, 0.2) is 71.6 Å². The first-order valence-electron chi connectivity index (χ1n) is 8.40. The lowest BCUT2D eigenvalue weighted by Crippen LogP contribution is -2.27. The Balaban J connectivity index is 1.64. The van der Waals surface area contributed by atoms with Crippen LogP contribution in [0.1, 0.15) is 16.7 Å². The molecule has 1 fully saturated rings. The minimum atomic E-state index is -0.0199. The van der Waals surface area contributed by atoms with E-state index < -0.39 is 0 Å². The number of amides is 1. The molecule has 0 spiro atoms. The molecule has 1 heterocycles. The molecule has 26 heavy (non-hydrogen) atoms. The van der Waals surface area contributed by atoms with Crippen LogP contribution in [0, 0.1) is 6.92 Å². The molecule has 1 amide bonds. The molecule has 1 aliphatic heterocycles. The van der Waals surface area contributed by atoms with Crippen molar-refractivity contribution >= 4 is 51.1 Å². The van der Waals surface area contributed by atoms with Crippen LogP contribution >= 0.6 is 24.0 Å². The van der Waals surface area contributed by atoms with Gasteiger partial charge in [0, 0.05) is 0 Å². The summed E-state index contributed by atoms with van der Waals surface area (Å²) in [7, 11) is 0. The lowest BCUT2D eigenvalue weighted by molar-refractivity contribution is -0.122. The molecule has 0 bridgehead atoms. The topological polar surface area (TPSA) is 20.3 Å². The first kappa shape index (κ1) is 17.0. The smallest absolute Gasteiger partial charge is 0.266 e. The molecule has 3 aromatic carbocycles. The maximum atomic E-state index is 12.9. The number of thiocarbonyl (C=S) groups is 1. The number of aryl methyl sites for hydroxylation is 1. The van der Waals surface area contributed by atoms with Gasteiger partial charge >= 0.3 is 0 Å². The zero-order valence-electron chi connectivity index (χ0n) is 14.3. The Morgan fingerprint density at radius 3 is 2.54 bits per heavy atom. The van der Waals surface area contributed by atoms with Crippen LogP contribution in [-0.4, -0.2) is 15.1 Å². The van der Waals surface area contributed by atoms with E-state index >= 15 is 0 Å². The number of hydrogen-bond donors (Lipinski definition) is 0. The van der Waals surface area contributed by atoms with Crippen molar-refractivity contribution in [1.82, 2.24) is 4.90 Å². The van der Waals surface area contributed by atoms with E-state index in [0.717, 1.165) is 21.9 Å². The fourth-order valence-electron chi connectivity index (χ4n) is 3.03. The van der Waals surface area contributed by atoms with Crippen LogP contribution in [-0.2, 0) is 11.3 Å². The summed E-state index contributed by atoms with van der Waals surface area (Å²) in [4.78, 5) is 15.2. The molecular weight excluding hydrogens is 358 g/mol. The van der Waals surface area contributed by atoms with E-state index in [-0.39, 0.29) is 5.91 Å². The van der Waals surface area contributed by atoms with Gasteiger partial charge in [-0.25, -0.2) is 0 Å². The highest BCUT2D eigenvalue weighted by molar-refractivity contribution is 8.26. The Morgan fingerprint density at radius 1 is 1.00 bits per heavy atom. The van der Waals surface area contributed by atoms with Crippen molar-refractivity contribution in [3.8, 4) is 0 Å². The zero-order chi connectivity index (χ0) is 18.1. The van der Waals surface area contributed by atoms with Crippen molar-refractivity contribution in [2.45, 2.75) is 13.5 Å². The molecule has 0 aromatic heterocycles. The quantitative estimate of drug-likeness (QED) is 0.442. The number of nitrogens with zero attached hydrogens (tertiary/aromatic N) is 1. The monoisotopic (exact) mass is 375 g/mol. The summed E-state index contributed by atoms with van der Waals surface area (Å²) in [6, 6.07) is 22.5. The van der Waals surface area contributed by atoms with Crippen LogP contribution in [0.5, 0.6) is 0 Å². The molecule has 1 aliphatic rings. The molecule has 2 nitrogen and oxygen atoms in total. The van der Waals surface area contributed by atoms with Gasteiger partial charge in [0.05, 0.1) is 11.4 Å². The summed E-state index contributed by atoms with van der Waals surface area (Å²) in [5.74, 6) is -0.0199. The van der Waals surface area contributed by atoms with Gasteiger partial charge in [-0.2, -0.15) is 0 Å². The summed E-state index contributed by atoms with van der Waals surface area (Å²) in [5, 5.41) is 2.30. The number of carbonyl (C=O) groups excluding carboxylic acids is 1. The molecule has 128 valence electrons. The lowest BCUT2D eigenvalue weighted by atomic mass is 10.0. The number of thioether (sulfide) groups is 1. The number of hydrogen-bond acceptors (Lipinski definition) is 3. The third-order valence-corrected chi connectivity index (χ3v) is 5.82. The lowest BCUT2D eigenvalue weighted by Gasteiger charge is -2.14. The van der Waals surface area contributed by atoms with E-state index in [0.29, 0.717) is 15.8 Å². The van der Waals surface area contributed by atoms with Gasteiger partial charge in [-0.3, -0.25) is 9.69 Å². The molecule has 0 unspecified atom stereocenters. The van der Waals surface area contributed by atoms with Crippen molar-refractivity contribution < 1.29 is 4.79 Å². The summed E-state index contributed by atoms with van der Waals surface area (Å²) in [5.41, 5.74) is 3.33. The predicted molar refractivity (Wildman–Crippen MR) is 114 cm³/mol. The fourth-order valence-corrected chi connectivity index (χ4v) is 4.28. The highest BCUT2D eigenvalue weighted by Crippen LogP contribution is 2.34. The molecule has 4 rings (SSSR count). The van der Waals surface area contributed by atoms with E-state index in [1.807, 2.05) is 42.5 Å². The second-order valence-corrected chi connectivity index (χ2v) is 8.00. The Morgan fingerprint density at radius 2 is 1.73 bits per heavy atom. The molecule has 0 N–H and O–H groups in total. The van der Waals surface area contributed by atoms with Gasteiger partial charge in [-0.1, -0.05) is 96.3 Å². The van der Waals surface area contributed by atoms with Crippen LogP contribution in [0.4, 0.5) is 0 Å². The highest BCUT2D eigenvalue weighted by atomic mass is 32.2. The summed E-state index contributed by atoms with van der Waals surface area (Å²) >= 11 is 6.84. The number of carbonyl (C=O) groups is 1. The fraction of sp³-hybridized carbons (Fsp3) is 0.0909. The molecule has 3 aromatic rings. The Hall–Kier alpha value is -2.43. The van der Waals surface area contributed by atoms with Gasteiger partial charge in [0.15, 0.2) is 0 Å². The second kappa shape index (κ2) is 7.06. The molecule has 1 saturated heterocycles. The molecule has 0 atom stereocenters. The van der Waals surface area contributed by atoms with Crippen LogP contribution in [0.25, 0.3) is 16.8 Å². The Labute approximate surface area is 162 Å². The maximum absolute atomic E-state index is 12.9. The number of benzene rings is 3. The summed E-state index contributed by atoms with van der Waals surface area (Å²) in [6.07, 6.45) is 1.96.